The highest BCUT2D eigenvalue weighted by molar-refractivity contribution is 9.10. The number of hydrogen-bond donors (Lipinski definition) is 0. The fraction of sp³-hybridized carbons (Fsp3) is 0.0909. The third-order valence-electron chi connectivity index (χ3n) is 2.15. The van der Waals surface area contributed by atoms with Gasteiger partial charge in [-0.25, -0.2) is 9.37 Å². The molecule has 0 saturated carbocycles. The smallest absolute Gasteiger partial charge is 0.228 e. The molecule has 0 aromatic carbocycles. The second-order valence-electron chi connectivity index (χ2n) is 3.07. The molecule has 0 aliphatic heterocycles. The standard InChI is InChI=1S/C11H8BrFN2O/c1-3-6-8(13)5-14-9-4-7(12)11(16-2)15-10(6)9/h3-5H,1H2,2H3. The van der Waals surface area contributed by atoms with E-state index >= 15 is 0 Å². The van der Waals surface area contributed by atoms with E-state index in [0.29, 0.717) is 26.9 Å². The van der Waals surface area contributed by atoms with E-state index in [0.717, 1.165) is 6.20 Å². The average Bonchev–Trinajstić information content (AvgIpc) is 2.28. The molecule has 2 aromatic heterocycles. The summed E-state index contributed by atoms with van der Waals surface area (Å²) in [6, 6.07) is 1.73. The van der Waals surface area contributed by atoms with Crippen LogP contribution in [-0.4, -0.2) is 17.1 Å². The van der Waals surface area contributed by atoms with Gasteiger partial charge in [-0.3, -0.25) is 4.98 Å². The Balaban J connectivity index is 2.86. The van der Waals surface area contributed by atoms with Crippen molar-refractivity contribution in [3.63, 3.8) is 0 Å². The third kappa shape index (κ3) is 1.67. The normalized spacial score (nSPS) is 10.4. The highest BCUT2D eigenvalue weighted by Gasteiger charge is 2.11. The zero-order valence-electron chi connectivity index (χ0n) is 8.50. The lowest BCUT2D eigenvalue weighted by molar-refractivity contribution is 0.396. The summed E-state index contributed by atoms with van der Waals surface area (Å²) in [5.41, 5.74) is 1.36. The van der Waals surface area contributed by atoms with Crippen LogP contribution in [0.3, 0.4) is 0 Å². The van der Waals surface area contributed by atoms with E-state index in [2.05, 4.69) is 32.5 Å². The summed E-state index contributed by atoms with van der Waals surface area (Å²) in [6.07, 6.45) is 2.57. The van der Waals surface area contributed by atoms with Crippen LogP contribution in [0.5, 0.6) is 5.88 Å². The molecule has 0 amide bonds. The molecule has 0 bridgehead atoms. The van der Waals surface area contributed by atoms with E-state index in [1.807, 2.05) is 0 Å². The molecule has 0 aliphatic carbocycles. The number of hydrogen-bond acceptors (Lipinski definition) is 3. The van der Waals surface area contributed by atoms with Crippen molar-refractivity contribution in [1.82, 2.24) is 9.97 Å². The fourth-order valence-electron chi connectivity index (χ4n) is 1.41. The summed E-state index contributed by atoms with van der Waals surface area (Å²) in [4.78, 5) is 8.14. The number of pyridine rings is 2. The van der Waals surface area contributed by atoms with E-state index in [-0.39, 0.29) is 0 Å². The Morgan fingerprint density at radius 2 is 2.31 bits per heavy atom. The monoisotopic (exact) mass is 282 g/mol. The lowest BCUT2D eigenvalue weighted by atomic mass is 10.2. The molecule has 2 rings (SSSR count). The molecule has 0 radical (unpaired) electrons. The van der Waals surface area contributed by atoms with Gasteiger partial charge in [-0.05, 0) is 22.0 Å². The second kappa shape index (κ2) is 4.17. The van der Waals surface area contributed by atoms with Crippen LogP contribution in [0.15, 0.2) is 23.3 Å². The summed E-state index contributed by atoms with van der Waals surface area (Å²) < 4.78 is 19.2. The Hall–Kier alpha value is -1.49. The Labute approximate surface area is 100 Å². The van der Waals surface area contributed by atoms with Gasteiger partial charge in [0.2, 0.25) is 5.88 Å². The number of fused-ring (bicyclic) bond motifs is 1. The zero-order valence-corrected chi connectivity index (χ0v) is 10.1. The van der Waals surface area contributed by atoms with Crippen LogP contribution < -0.4 is 4.74 Å². The minimum absolute atomic E-state index is 0.329. The lowest BCUT2D eigenvalue weighted by Gasteiger charge is -2.06. The highest BCUT2D eigenvalue weighted by atomic mass is 79.9. The van der Waals surface area contributed by atoms with Gasteiger partial charge in [-0.2, -0.15) is 0 Å². The predicted octanol–water partition coefficient (Wildman–Crippen LogP) is 3.18. The summed E-state index contributed by atoms with van der Waals surface area (Å²) in [5, 5.41) is 0. The zero-order chi connectivity index (χ0) is 11.7. The van der Waals surface area contributed by atoms with Gasteiger partial charge < -0.3 is 4.74 Å². The summed E-state index contributed by atoms with van der Waals surface area (Å²) in [5.74, 6) is -0.0534. The fourth-order valence-corrected chi connectivity index (χ4v) is 1.87. The van der Waals surface area contributed by atoms with Gasteiger partial charge in [0.25, 0.3) is 0 Å². The Morgan fingerprint density at radius 3 is 2.94 bits per heavy atom. The molecule has 82 valence electrons. The molecule has 2 aromatic rings. The van der Waals surface area contributed by atoms with Crippen molar-refractivity contribution >= 4 is 33.0 Å². The van der Waals surface area contributed by atoms with Crippen molar-refractivity contribution in [1.29, 1.82) is 0 Å². The van der Waals surface area contributed by atoms with Crippen molar-refractivity contribution in [2.75, 3.05) is 7.11 Å². The second-order valence-corrected chi connectivity index (χ2v) is 3.93. The van der Waals surface area contributed by atoms with Crippen LogP contribution in [0.4, 0.5) is 4.39 Å². The van der Waals surface area contributed by atoms with E-state index in [9.17, 15) is 4.39 Å². The molecule has 0 fully saturated rings. The molecule has 16 heavy (non-hydrogen) atoms. The van der Waals surface area contributed by atoms with Crippen LogP contribution in [-0.2, 0) is 0 Å². The van der Waals surface area contributed by atoms with Crippen molar-refractivity contribution in [2.24, 2.45) is 0 Å². The minimum atomic E-state index is -0.445. The first-order chi connectivity index (χ1) is 7.67. The molecule has 0 spiro atoms. The maximum atomic E-state index is 13.4. The van der Waals surface area contributed by atoms with Crippen molar-refractivity contribution in [3.05, 3.63) is 34.7 Å². The van der Waals surface area contributed by atoms with Crippen molar-refractivity contribution < 1.29 is 9.13 Å². The SMILES string of the molecule is C=Cc1c(F)cnc2cc(Br)c(OC)nc12. The van der Waals surface area contributed by atoms with E-state index in [4.69, 9.17) is 4.74 Å². The minimum Gasteiger partial charge on any atom is -0.480 e. The van der Waals surface area contributed by atoms with Crippen molar-refractivity contribution in [2.45, 2.75) is 0 Å². The van der Waals surface area contributed by atoms with Gasteiger partial charge in [0.05, 0.1) is 23.3 Å². The first-order valence-corrected chi connectivity index (χ1v) is 5.28. The molecule has 0 unspecified atom stereocenters. The van der Waals surface area contributed by atoms with Gasteiger partial charge in [-0.1, -0.05) is 12.7 Å². The number of methoxy groups -OCH3 is 1. The van der Waals surface area contributed by atoms with Crippen LogP contribution in [0.25, 0.3) is 17.1 Å². The number of aromatic nitrogens is 2. The first-order valence-electron chi connectivity index (χ1n) is 4.48. The molecule has 0 atom stereocenters. The van der Waals surface area contributed by atoms with Crippen LogP contribution in [0.1, 0.15) is 5.56 Å². The number of ether oxygens (including phenoxy) is 1. The van der Waals surface area contributed by atoms with Crippen LogP contribution in [0.2, 0.25) is 0 Å². The summed E-state index contributed by atoms with van der Waals surface area (Å²) >= 11 is 3.30. The molecule has 0 N–H and O–H groups in total. The predicted molar refractivity (Wildman–Crippen MR) is 63.8 cm³/mol. The van der Waals surface area contributed by atoms with Crippen LogP contribution >= 0.6 is 15.9 Å². The van der Waals surface area contributed by atoms with Gasteiger partial charge in [0, 0.05) is 5.56 Å². The Kier molecular flexibility index (Phi) is 2.87. The maximum Gasteiger partial charge on any atom is 0.228 e. The number of rotatable bonds is 2. The van der Waals surface area contributed by atoms with E-state index in [1.54, 1.807) is 6.07 Å². The number of halogens is 2. The van der Waals surface area contributed by atoms with Gasteiger partial charge in [0.15, 0.2) is 5.82 Å². The van der Waals surface area contributed by atoms with Gasteiger partial charge in [0.1, 0.15) is 5.52 Å². The van der Waals surface area contributed by atoms with Crippen LogP contribution in [0, 0.1) is 5.82 Å². The summed E-state index contributed by atoms with van der Waals surface area (Å²) in [7, 11) is 1.50. The van der Waals surface area contributed by atoms with Crippen molar-refractivity contribution in [3.8, 4) is 5.88 Å². The lowest BCUT2D eigenvalue weighted by Crippen LogP contribution is -1.95. The van der Waals surface area contributed by atoms with Gasteiger partial charge >= 0.3 is 0 Å². The molecule has 0 aliphatic rings. The highest BCUT2D eigenvalue weighted by Crippen LogP contribution is 2.28. The first kappa shape index (κ1) is 11.0. The Morgan fingerprint density at radius 1 is 1.56 bits per heavy atom. The molecular weight excluding hydrogens is 275 g/mol. The quantitative estimate of drug-likeness (QED) is 0.849. The summed E-state index contributed by atoms with van der Waals surface area (Å²) in [6.45, 7) is 3.56. The molecule has 5 heteroatoms. The maximum absolute atomic E-state index is 13.4. The largest absolute Gasteiger partial charge is 0.480 e. The molecular formula is C11H8BrFN2O. The number of nitrogens with zero attached hydrogens (tertiary/aromatic N) is 2. The van der Waals surface area contributed by atoms with E-state index < -0.39 is 5.82 Å². The van der Waals surface area contributed by atoms with E-state index in [1.165, 1.54) is 13.2 Å². The van der Waals surface area contributed by atoms with Gasteiger partial charge in [-0.15, -0.1) is 0 Å². The third-order valence-corrected chi connectivity index (χ3v) is 2.72. The average molecular weight is 283 g/mol. The molecule has 0 saturated heterocycles. The topological polar surface area (TPSA) is 35.0 Å². The molecule has 2 heterocycles. The Bertz CT molecular complexity index is 571. The molecule has 3 nitrogen and oxygen atoms in total.